The maximum Gasteiger partial charge on any atom is 0.0812 e. The third-order valence-electron chi connectivity index (χ3n) is 1.24. The molecule has 0 saturated heterocycles. The number of hydrogen-bond donors (Lipinski definition) is 0. The van der Waals surface area contributed by atoms with E-state index in [1.54, 1.807) is 18.2 Å². The molecular weight excluding hydrogens is 159 g/mol. The summed E-state index contributed by atoms with van der Waals surface area (Å²) in [6, 6.07) is 7.07. The molecule has 0 fully saturated rings. The molecule has 0 atom stereocenters. The highest BCUT2D eigenvalue weighted by Gasteiger charge is 1.90. The van der Waals surface area contributed by atoms with Crippen LogP contribution in [0.2, 0.25) is 0 Å². The Kier molecular flexibility index (Phi) is 2.96. The number of halogens is 1. The van der Waals surface area contributed by atoms with E-state index in [1.807, 2.05) is 12.1 Å². The van der Waals surface area contributed by atoms with Crippen LogP contribution in [0.4, 0.5) is 3.89 Å². The standard InChI is InChI=1S/C9H7FS/c1-2-3-8-4-6-9(11-10)7-5-8/h3-7H,1H2. The molecule has 0 heterocycles. The predicted octanol–water partition coefficient (Wildman–Crippen LogP) is 3.46. The van der Waals surface area contributed by atoms with Crippen LogP contribution in [0.15, 0.2) is 41.5 Å². The molecule has 0 radical (unpaired) electrons. The molecule has 0 spiro atoms. The zero-order chi connectivity index (χ0) is 8.10. The molecular formula is C9H7FS. The second kappa shape index (κ2) is 4.02. The van der Waals surface area contributed by atoms with Crippen molar-refractivity contribution in [3.63, 3.8) is 0 Å². The van der Waals surface area contributed by atoms with Crippen LogP contribution < -0.4 is 0 Å². The van der Waals surface area contributed by atoms with Gasteiger partial charge in [-0.25, -0.2) is 0 Å². The van der Waals surface area contributed by atoms with Gasteiger partial charge in [0.15, 0.2) is 0 Å². The zero-order valence-electron chi connectivity index (χ0n) is 5.88. The lowest BCUT2D eigenvalue weighted by atomic mass is 10.2. The van der Waals surface area contributed by atoms with Gasteiger partial charge in [0.1, 0.15) is 0 Å². The number of rotatable bonds is 2. The fourth-order valence-electron chi connectivity index (χ4n) is 0.733. The van der Waals surface area contributed by atoms with E-state index in [0.717, 1.165) is 5.56 Å². The first-order valence-corrected chi connectivity index (χ1v) is 3.83. The summed E-state index contributed by atoms with van der Waals surface area (Å²) in [5.41, 5.74) is 3.63. The molecule has 1 rings (SSSR count). The minimum atomic E-state index is 0.246. The van der Waals surface area contributed by atoms with Crippen LogP contribution in [-0.2, 0) is 0 Å². The molecule has 1 aromatic rings. The quantitative estimate of drug-likeness (QED) is 0.606. The summed E-state index contributed by atoms with van der Waals surface area (Å²) in [4.78, 5) is 0.617. The third kappa shape index (κ3) is 2.26. The number of hydrogen-bond acceptors (Lipinski definition) is 1. The number of benzene rings is 1. The van der Waals surface area contributed by atoms with E-state index in [4.69, 9.17) is 0 Å². The van der Waals surface area contributed by atoms with Crippen molar-refractivity contribution in [1.82, 2.24) is 0 Å². The first-order valence-electron chi connectivity index (χ1n) is 3.11. The van der Waals surface area contributed by atoms with E-state index in [2.05, 4.69) is 12.3 Å². The van der Waals surface area contributed by atoms with Gasteiger partial charge in [-0.1, -0.05) is 18.7 Å². The Morgan fingerprint density at radius 3 is 2.45 bits per heavy atom. The molecule has 0 N–H and O–H groups in total. The summed E-state index contributed by atoms with van der Waals surface area (Å²) in [6.07, 6.45) is 1.74. The lowest BCUT2D eigenvalue weighted by Crippen LogP contribution is -1.70. The topological polar surface area (TPSA) is 0 Å². The summed E-state index contributed by atoms with van der Waals surface area (Å²) in [6.45, 7) is 3.44. The molecule has 0 bridgehead atoms. The van der Waals surface area contributed by atoms with Crippen LogP contribution in [0.3, 0.4) is 0 Å². The molecule has 0 amide bonds. The van der Waals surface area contributed by atoms with Crippen LogP contribution >= 0.6 is 12.1 Å². The molecule has 0 aliphatic carbocycles. The second-order valence-electron chi connectivity index (χ2n) is 1.99. The molecule has 0 aliphatic rings. The highest BCUT2D eigenvalue weighted by molar-refractivity contribution is 7.94. The van der Waals surface area contributed by atoms with Crippen molar-refractivity contribution in [2.24, 2.45) is 0 Å². The van der Waals surface area contributed by atoms with E-state index in [-0.39, 0.29) is 12.1 Å². The Balaban J connectivity index is 2.91. The molecule has 2 heteroatoms. The Labute approximate surface area is 69.7 Å². The average Bonchev–Trinajstić information content (AvgIpc) is 2.07. The van der Waals surface area contributed by atoms with Crippen LogP contribution in [0, 0.1) is 0 Å². The lowest BCUT2D eigenvalue weighted by molar-refractivity contribution is 0.934. The van der Waals surface area contributed by atoms with E-state index in [1.165, 1.54) is 0 Å². The maximum atomic E-state index is 11.9. The summed E-state index contributed by atoms with van der Waals surface area (Å²) in [7, 11) is 0. The predicted molar refractivity (Wildman–Crippen MR) is 47.0 cm³/mol. The minimum Gasteiger partial charge on any atom is -0.160 e. The van der Waals surface area contributed by atoms with Gasteiger partial charge in [-0.05, 0) is 23.8 Å². The summed E-state index contributed by atoms with van der Waals surface area (Å²) in [5.74, 6) is 0. The molecule has 0 aliphatic heterocycles. The van der Waals surface area contributed by atoms with Gasteiger partial charge in [0.2, 0.25) is 0 Å². The molecule has 0 nitrogen and oxygen atoms in total. The Morgan fingerprint density at radius 2 is 2.00 bits per heavy atom. The maximum absolute atomic E-state index is 11.9. The van der Waals surface area contributed by atoms with Crippen LogP contribution in [0.1, 0.15) is 5.56 Å². The van der Waals surface area contributed by atoms with Crippen molar-refractivity contribution >= 4 is 18.2 Å². The van der Waals surface area contributed by atoms with Gasteiger partial charge >= 0.3 is 0 Å². The van der Waals surface area contributed by atoms with Gasteiger partial charge in [0.25, 0.3) is 0 Å². The van der Waals surface area contributed by atoms with Gasteiger partial charge in [-0.2, -0.15) is 3.89 Å². The molecule has 11 heavy (non-hydrogen) atoms. The van der Waals surface area contributed by atoms with Gasteiger partial charge in [-0.15, -0.1) is 5.73 Å². The second-order valence-corrected chi connectivity index (χ2v) is 2.62. The first-order chi connectivity index (χ1) is 5.36. The van der Waals surface area contributed by atoms with Crippen molar-refractivity contribution in [3.05, 3.63) is 42.1 Å². The largest absolute Gasteiger partial charge is 0.160 e. The van der Waals surface area contributed by atoms with Gasteiger partial charge < -0.3 is 0 Å². The van der Waals surface area contributed by atoms with Crippen LogP contribution in [0.5, 0.6) is 0 Å². The normalized spacial score (nSPS) is 8.82. The van der Waals surface area contributed by atoms with E-state index in [0.29, 0.717) is 4.90 Å². The molecule has 0 saturated carbocycles. The van der Waals surface area contributed by atoms with Crippen LogP contribution in [-0.4, -0.2) is 0 Å². The van der Waals surface area contributed by atoms with Gasteiger partial charge in [0.05, 0.1) is 12.1 Å². The molecule has 0 unspecified atom stereocenters. The van der Waals surface area contributed by atoms with E-state index < -0.39 is 0 Å². The highest BCUT2D eigenvalue weighted by atomic mass is 32.2. The minimum absolute atomic E-state index is 0.246. The lowest BCUT2D eigenvalue weighted by Gasteiger charge is -1.92. The fraction of sp³-hybridized carbons (Fsp3) is 0. The van der Waals surface area contributed by atoms with Crippen molar-refractivity contribution in [2.75, 3.05) is 0 Å². The van der Waals surface area contributed by atoms with Crippen LogP contribution in [0.25, 0.3) is 6.08 Å². The molecule has 1 aromatic carbocycles. The zero-order valence-corrected chi connectivity index (χ0v) is 6.70. The Bertz CT molecular complexity index is 270. The Morgan fingerprint density at radius 1 is 1.36 bits per heavy atom. The smallest absolute Gasteiger partial charge is 0.0812 e. The average molecular weight is 166 g/mol. The fourth-order valence-corrected chi connectivity index (χ4v) is 0.972. The van der Waals surface area contributed by atoms with E-state index >= 15 is 0 Å². The van der Waals surface area contributed by atoms with Gasteiger partial charge in [0, 0.05) is 4.90 Å². The summed E-state index contributed by atoms with van der Waals surface area (Å²) < 4.78 is 11.9. The van der Waals surface area contributed by atoms with Crippen molar-refractivity contribution in [3.8, 4) is 0 Å². The molecule has 56 valence electrons. The molecule has 0 aromatic heterocycles. The van der Waals surface area contributed by atoms with Crippen molar-refractivity contribution in [2.45, 2.75) is 4.90 Å². The SMILES string of the molecule is C=C=Cc1ccc(SF)cc1. The van der Waals surface area contributed by atoms with Gasteiger partial charge in [-0.3, -0.25) is 0 Å². The van der Waals surface area contributed by atoms with E-state index in [9.17, 15) is 3.89 Å². The highest BCUT2D eigenvalue weighted by Crippen LogP contribution is 2.18. The monoisotopic (exact) mass is 166 g/mol. The summed E-state index contributed by atoms with van der Waals surface area (Å²) in [5, 5.41) is 0. The first kappa shape index (κ1) is 8.12. The van der Waals surface area contributed by atoms with Crippen molar-refractivity contribution in [1.29, 1.82) is 0 Å². The third-order valence-corrected chi connectivity index (χ3v) is 1.69. The Hall–Kier alpha value is -0.980. The summed E-state index contributed by atoms with van der Waals surface area (Å²) >= 11 is 0.246. The van der Waals surface area contributed by atoms with Crippen molar-refractivity contribution < 1.29 is 3.89 Å².